The fraction of sp³-hybridized carbons (Fsp3) is 0.652. The van der Waals surface area contributed by atoms with Crippen LogP contribution in [0.5, 0.6) is 5.75 Å². The Bertz CT molecular complexity index is 783. The molecule has 2 aliphatic carbocycles. The van der Waals surface area contributed by atoms with Crippen LogP contribution in [-0.4, -0.2) is 53.7 Å². The standard InChI is InChI=1S/C23H31FN2O4/c1-15(30-21-5-4-18(10-20(21)24)17-2-3-17)16-6-8-26(9-7-16)22(29)19-11-23(12-19,13-27)25-14-28/h4-5,10,14-17,19,27H,2-3,6-9,11-13H2,1H3,(H,25,28). The van der Waals surface area contributed by atoms with Crippen molar-refractivity contribution in [3.05, 3.63) is 29.6 Å². The van der Waals surface area contributed by atoms with Gasteiger partial charge in [0.1, 0.15) is 0 Å². The summed E-state index contributed by atoms with van der Waals surface area (Å²) in [6.07, 6.45) is 5.36. The minimum Gasteiger partial charge on any atom is -0.487 e. The summed E-state index contributed by atoms with van der Waals surface area (Å²) in [5.41, 5.74) is 0.422. The number of nitrogens with one attached hydrogen (secondary N) is 1. The Kier molecular flexibility index (Phi) is 6.00. The summed E-state index contributed by atoms with van der Waals surface area (Å²) in [5, 5.41) is 12.1. The fourth-order valence-electron chi connectivity index (χ4n) is 4.90. The van der Waals surface area contributed by atoms with Crippen LogP contribution in [0.3, 0.4) is 0 Å². The van der Waals surface area contributed by atoms with Crippen LogP contribution in [0.25, 0.3) is 0 Å². The molecular formula is C23H31FN2O4. The number of piperidine rings is 1. The summed E-state index contributed by atoms with van der Waals surface area (Å²) < 4.78 is 20.3. The van der Waals surface area contributed by atoms with E-state index in [4.69, 9.17) is 4.74 Å². The van der Waals surface area contributed by atoms with Gasteiger partial charge in [-0.25, -0.2) is 4.39 Å². The highest BCUT2D eigenvalue weighted by atomic mass is 19.1. The van der Waals surface area contributed by atoms with Gasteiger partial charge in [0.25, 0.3) is 0 Å². The SMILES string of the molecule is CC(Oc1ccc(C2CC2)cc1F)C1CCN(C(=O)C2CC(CO)(NC=O)C2)CC1. The minimum atomic E-state index is -0.637. The molecule has 3 fully saturated rings. The maximum atomic E-state index is 14.4. The van der Waals surface area contributed by atoms with Gasteiger partial charge in [0.05, 0.1) is 18.2 Å². The number of aliphatic hydroxyl groups is 1. The smallest absolute Gasteiger partial charge is 0.225 e. The fourth-order valence-corrected chi connectivity index (χ4v) is 4.90. The Morgan fingerprint density at radius 2 is 2.03 bits per heavy atom. The van der Waals surface area contributed by atoms with Crippen LogP contribution < -0.4 is 10.1 Å². The lowest BCUT2D eigenvalue weighted by atomic mass is 9.68. The third kappa shape index (κ3) is 4.31. The van der Waals surface area contributed by atoms with Gasteiger partial charge >= 0.3 is 0 Å². The summed E-state index contributed by atoms with van der Waals surface area (Å²) in [6.45, 7) is 3.14. The number of hydrogen-bond acceptors (Lipinski definition) is 4. The highest BCUT2D eigenvalue weighted by Crippen LogP contribution is 2.41. The molecule has 164 valence electrons. The van der Waals surface area contributed by atoms with Gasteiger partial charge in [0.2, 0.25) is 12.3 Å². The molecule has 1 aromatic rings. The van der Waals surface area contributed by atoms with Crippen molar-refractivity contribution in [1.82, 2.24) is 10.2 Å². The van der Waals surface area contributed by atoms with Gasteiger partial charge in [-0.2, -0.15) is 0 Å². The van der Waals surface area contributed by atoms with Crippen LogP contribution in [-0.2, 0) is 9.59 Å². The van der Waals surface area contributed by atoms with E-state index in [9.17, 15) is 19.1 Å². The van der Waals surface area contributed by atoms with Gasteiger partial charge < -0.3 is 20.1 Å². The highest BCUT2D eigenvalue weighted by Gasteiger charge is 2.48. The molecule has 1 aliphatic heterocycles. The van der Waals surface area contributed by atoms with Crippen molar-refractivity contribution >= 4 is 12.3 Å². The monoisotopic (exact) mass is 418 g/mol. The second-order valence-electron chi connectivity index (χ2n) is 9.26. The van der Waals surface area contributed by atoms with Crippen LogP contribution in [0.15, 0.2) is 18.2 Å². The van der Waals surface area contributed by atoms with E-state index in [0.29, 0.717) is 44.0 Å². The third-order valence-electron chi connectivity index (χ3n) is 7.12. The van der Waals surface area contributed by atoms with Crippen molar-refractivity contribution < 1.29 is 23.8 Å². The average molecular weight is 419 g/mol. The van der Waals surface area contributed by atoms with Crippen molar-refractivity contribution in [2.75, 3.05) is 19.7 Å². The Morgan fingerprint density at radius 1 is 1.33 bits per heavy atom. The largest absolute Gasteiger partial charge is 0.487 e. The molecule has 4 rings (SSSR count). The van der Waals surface area contributed by atoms with Crippen LogP contribution in [0.2, 0.25) is 0 Å². The maximum absolute atomic E-state index is 14.4. The van der Waals surface area contributed by atoms with Gasteiger partial charge in [-0.05, 0) is 75.0 Å². The molecule has 1 heterocycles. The number of ether oxygens (including phenoxy) is 1. The Balaban J connectivity index is 1.25. The summed E-state index contributed by atoms with van der Waals surface area (Å²) >= 11 is 0. The molecule has 3 aliphatic rings. The second-order valence-corrected chi connectivity index (χ2v) is 9.26. The van der Waals surface area contributed by atoms with Gasteiger partial charge in [-0.3, -0.25) is 9.59 Å². The molecule has 30 heavy (non-hydrogen) atoms. The molecule has 1 atom stereocenters. The second kappa shape index (κ2) is 8.53. The molecule has 6 nitrogen and oxygen atoms in total. The van der Waals surface area contributed by atoms with E-state index in [0.717, 1.165) is 31.2 Å². The number of aliphatic hydroxyl groups excluding tert-OH is 1. The summed E-state index contributed by atoms with van der Waals surface area (Å²) in [5.74, 6) is 0.754. The van der Waals surface area contributed by atoms with Gasteiger partial charge in [-0.15, -0.1) is 0 Å². The molecule has 1 unspecified atom stereocenters. The van der Waals surface area contributed by atoms with E-state index < -0.39 is 5.54 Å². The minimum absolute atomic E-state index is 0.0977. The molecule has 1 aromatic carbocycles. The molecule has 0 bridgehead atoms. The summed E-state index contributed by atoms with van der Waals surface area (Å²) in [4.78, 5) is 25.3. The first kappa shape index (κ1) is 21.1. The average Bonchev–Trinajstić information content (AvgIpc) is 3.57. The number of nitrogens with zero attached hydrogens (tertiary/aromatic N) is 1. The van der Waals surface area contributed by atoms with Gasteiger partial charge in [-0.1, -0.05) is 6.07 Å². The quantitative estimate of drug-likeness (QED) is 0.636. The molecule has 1 saturated heterocycles. The molecule has 0 aromatic heterocycles. The third-order valence-corrected chi connectivity index (χ3v) is 7.12. The Labute approximate surface area is 176 Å². The van der Waals surface area contributed by atoms with Gasteiger partial charge in [0, 0.05) is 19.0 Å². The first-order valence-corrected chi connectivity index (χ1v) is 11.0. The number of halogens is 1. The number of likely N-dealkylation sites (tertiary alicyclic amines) is 1. The lowest BCUT2D eigenvalue weighted by Gasteiger charge is -2.47. The zero-order valence-corrected chi connectivity index (χ0v) is 17.5. The number of carbonyl (C=O) groups is 2. The van der Waals surface area contributed by atoms with Crippen LogP contribution in [0, 0.1) is 17.7 Å². The van der Waals surface area contributed by atoms with Crippen LogP contribution in [0.4, 0.5) is 4.39 Å². The first-order valence-electron chi connectivity index (χ1n) is 11.0. The normalized spacial score (nSPS) is 27.8. The van der Waals surface area contributed by atoms with Crippen molar-refractivity contribution in [2.24, 2.45) is 11.8 Å². The van der Waals surface area contributed by atoms with E-state index >= 15 is 0 Å². The molecule has 0 spiro atoms. The zero-order valence-electron chi connectivity index (χ0n) is 17.5. The maximum Gasteiger partial charge on any atom is 0.225 e. The predicted molar refractivity (Wildman–Crippen MR) is 110 cm³/mol. The van der Waals surface area contributed by atoms with Crippen molar-refractivity contribution in [1.29, 1.82) is 0 Å². The first-order chi connectivity index (χ1) is 14.4. The lowest BCUT2D eigenvalue weighted by molar-refractivity contribution is -0.145. The van der Waals surface area contributed by atoms with Gasteiger partial charge in [0.15, 0.2) is 11.6 Å². The highest BCUT2D eigenvalue weighted by molar-refractivity contribution is 5.80. The van der Waals surface area contributed by atoms with E-state index in [-0.39, 0.29) is 36.3 Å². The Hall–Kier alpha value is -2.15. The number of rotatable bonds is 8. The topological polar surface area (TPSA) is 78.9 Å². The van der Waals surface area contributed by atoms with Crippen molar-refractivity contribution in [2.45, 2.75) is 63.0 Å². The van der Waals surface area contributed by atoms with Crippen molar-refractivity contribution in [3.63, 3.8) is 0 Å². The van der Waals surface area contributed by atoms with E-state index in [2.05, 4.69) is 5.32 Å². The number of carbonyl (C=O) groups excluding carboxylic acids is 2. The molecule has 2 N–H and O–H groups in total. The van der Waals surface area contributed by atoms with E-state index in [1.807, 2.05) is 17.9 Å². The van der Waals surface area contributed by atoms with Crippen LogP contribution in [0.1, 0.15) is 56.9 Å². The lowest BCUT2D eigenvalue weighted by Crippen LogP contribution is -2.61. The zero-order chi connectivity index (χ0) is 21.3. The molecule has 0 radical (unpaired) electrons. The van der Waals surface area contributed by atoms with Crippen LogP contribution >= 0.6 is 0 Å². The number of benzene rings is 1. The molecule has 2 saturated carbocycles. The summed E-state index contributed by atoms with van der Waals surface area (Å²) in [6, 6.07) is 5.32. The molecular weight excluding hydrogens is 387 g/mol. The Morgan fingerprint density at radius 3 is 2.60 bits per heavy atom. The predicted octanol–water partition coefficient (Wildman–Crippen LogP) is 2.60. The van der Waals surface area contributed by atoms with Crippen molar-refractivity contribution in [3.8, 4) is 5.75 Å². The number of hydrogen-bond donors (Lipinski definition) is 2. The van der Waals surface area contributed by atoms with E-state index in [1.165, 1.54) is 0 Å². The molecule has 2 amide bonds. The summed E-state index contributed by atoms with van der Waals surface area (Å²) in [7, 11) is 0. The molecule has 7 heteroatoms. The van der Waals surface area contributed by atoms with E-state index in [1.54, 1.807) is 12.1 Å². The number of amides is 2.